The van der Waals surface area contributed by atoms with Crippen molar-refractivity contribution in [2.24, 2.45) is 0 Å². The summed E-state index contributed by atoms with van der Waals surface area (Å²) in [5.74, 6) is -1.41. The van der Waals surface area contributed by atoms with Crippen LogP contribution in [-0.4, -0.2) is 11.1 Å². The van der Waals surface area contributed by atoms with Gasteiger partial charge in [-0.1, -0.05) is 60.2 Å². The highest BCUT2D eigenvalue weighted by Crippen LogP contribution is 2.24. The largest absolute Gasteiger partial charge is 0.481 e. The number of aryl methyl sites for hydroxylation is 1. The SMILES string of the molecule is Cc1ccc([C@H](C(=O)O)c2ccccc2)cc1. The van der Waals surface area contributed by atoms with Crippen LogP contribution < -0.4 is 0 Å². The maximum atomic E-state index is 11.4. The van der Waals surface area contributed by atoms with Crippen LogP contribution in [0.25, 0.3) is 0 Å². The summed E-state index contributed by atoms with van der Waals surface area (Å²) < 4.78 is 0. The highest BCUT2D eigenvalue weighted by Gasteiger charge is 2.21. The van der Waals surface area contributed by atoms with Crippen molar-refractivity contribution >= 4 is 5.97 Å². The van der Waals surface area contributed by atoms with E-state index in [0.29, 0.717) is 0 Å². The zero-order valence-corrected chi connectivity index (χ0v) is 9.63. The fraction of sp³-hybridized carbons (Fsp3) is 0.133. The molecule has 0 amide bonds. The summed E-state index contributed by atoms with van der Waals surface area (Å²) in [6.07, 6.45) is 0. The van der Waals surface area contributed by atoms with Gasteiger partial charge in [-0.05, 0) is 18.1 Å². The molecule has 2 rings (SSSR count). The number of aliphatic carboxylic acids is 1. The van der Waals surface area contributed by atoms with E-state index in [1.54, 1.807) is 0 Å². The van der Waals surface area contributed by atoms with Gasteiger partial charge in [-0.15, -0.1) is 0 Å². The normalized spacial score (nSPS) is 12.1. The molecule has 0 aliphatic heterocycles. The molecule has 2 aromatic rings. The second-order valence-corrected chi connectivity index (χ2v) is 4.09. The zero-order valence-electron chi connectivity index (χ0n) is 9.63. The van der Waals surface area contributed by atoms with E-state index in [0.717, 1.165) is 16.7 Å². The number of benzene rings is 2. The van der Waals surface area contributed by atoms with Crippen LogP contribution in [0.3, 0.4) is 0 Å². The first kappa shape index (κ1) is 11.4. The van der Waals surface area contributed by atoms with Crippen molar-refractivity contribution < 1.29 is 9.90 Å². The van der Waals surface area contributed by atoms with Gasteiger partial charge in [0.2, 0.25) is 0 Å². The highest BCUT2D eigenvalue weighted by molar-refractivity contribution is 5.80. The van der Waals surface area contributed by atoms with E-state index in [4.69, 9.17) is 0 Å². The predicted octanol–water partition coefficient (Wildman–Crippen LogP) is 3.21. The van der Waals surface area contributed by atoms with E-state index in [1.165, 1.54) is 0 Å². The van der Waals surface area contributed by atoms with Crippen LogP contribution >= 0.6 is 0 Å². The molecule has 1 N–H and O–H groups in total. The Labute approximate surface area is 101 Å². The van der Waals surface area contributed by atoms with Crippen LogP contribution in [0, 0.1) is 6.92 Å². The first-order valence-electron chi connectivity index (χ1n) is 5.53. The van der Waals surface area contributed by atoms with Gasteiger partial charge >= 0.3 is 5.97 Å². The summed E-state index contributed by atoms with van der Waals surface area (Å²) in [4.78, 5) is 11.4. The molecule has 2 heteroatoms. The lowest BCUT2D eigenvalue weighted by molar-refractivity contribution is -0.137. The third-order valence-corrected chi connectivity index (χ3v) is 2.79. The standard InChI is InChI=1S/C15H14O2/c1-11-7-9-13(10-8-11)14(15(16)17)12-5-3-2-4-6-12/h2-10,14H,1H3,(H,16,17)/t14-/m1/s1. The van der Waals surface area contributed by atoms with Gasteiger partial charge in [-0.3, -0.25) is 4.79 Å². The summed E-state index contributed by atoms with van der Waals surface area (Å²) in [5, 5.41) is 9.35. The van der Waals surface area contributed by atoms with E-state index in [9.17, 15) is 9.90 Å². The molecule has 0 fully saturated rings. The minimum Gasteiger partial charge on any atom is -0.481 e. The summed E-state index contributed by atoms with van der Waals surface area (Å²) in [6.45, 7) is 1.99. The van der Waals surface area contributed by atoms with Crippen molar-refractivity contribution in [3.05, 3.63) is 71.3 Å². The average Bonchev–Trinajstić information content (AvgIpc) is 2.33. The first-order chi connectivity index (χ1) is 8.18. The molecule has 0 aliphatic carbocycles. The maximum absolute atomic E-state index is 11.4. The highest BCUT2D eigenvalue weighted by atomic mass is 16.4. The van der Waals surface area contributed by atoms with Crippen LogP contribution in [-0.2, 0) is 4.79 Å². The van der Waals surface area contributed by atoms with Crippen LogP contribution in [0.4, 0.5) is 0 Å². The number of carboxylic acids is 1. The lowest BCUT2D eigenvalue weighted by Gasteiger charge is -2.13. The molecule has 0 heterocycles. The first-order valence-corrected chi connectivity index (χ1v) is 5.53. The van der Waals surface area contributed by atoms with Crippen molar-refractivity contribution in [3.8, 4) is 0 Å². The summed E-state index contributed by atoms with van der Waals surface area (Å²) in [6, 6.07) is 16.9. The maximum Gasteiger partial charge on any atom is 0.315 e. The number of carbonyl (C=O) groups is 1. The summed E-state index contributed by atoms with van der Waals surface area (Å²) in [7, 11) is 0. The Bertz CT molecular complexity index is 500. The summed E-state index contributed by atoms with van der Waals surface area (Å²) in [5.41, 5.74) is 2.75. The van der Waals surface area contributed by atoms with Crippen molar-refractivity contribution in [2.45, 2.75) is 12.8 Å². The molecule has 0 aliphatic rings. The molecule has 1 atom stereocenters. The van der Waals surface area contributed by atoms with Gasteiger partial charge in [0.1, 0.15) is 5.92 Å². The van der Waals surface area contributed by atoms with Gasteiger partial charge < -0.3 is 5.11 Å². The monoisotopic (exact) mass is 226 g/mol. The Morgan fingerprint density at radius 2 is 1.47 bits per heavy atom. The van der Waals surface area contributed by atoms with Crippen LogP contribution in [0.2, 0.25) is 0 Å². The molecule has 2 nitrogen and oxygen atoms in total. The minimum absolute atomic E-state index is 0.586. The van der Waals surface area contributed by atoms with Gasteiger partial charge in [-0.25, -0.2) is 0 Å². The molecular formula is C15H14O2. The van der Waals surface area contributed by atoms with E-state index < -0.39 is 11.9 Å². The number of hydrogen-bond acceptors (Lipinski definition) is 1. The molecule has 0 radical (unpaired) electrons. The molecule has 17 heavy (non-hydrogen) atoms. The van der Waals surface area contributed by atoms with Gasteiger partial charge in [0, 0.05) is 0 Å². The zero-order chi connectivity index (χ0) is 12.3. The second-order valence-electron chi connectivity index (χ2n) is 4.09. The predicted molar refractivity (Wildman–Crippen MR) is 67.1 cm³/mol. The molecule has 0 aromatic heterocycles. The van der Waals surface area contributed by atoms with Gasteiger partial charge in [0.15, 0.2) is 0 Å². The second kappa shape index (κ2) is 4.83. The molecule has 0 spiro atoms. The van der Waals surface area contributed by atoms with Gasteiger partial charge in [0.25, 0.3) is 0 Å². The third kappa shape index (κ3) is 2.53. The minimum atomic E-state index is -0.819. The van der Waals surface area contributed by atoms with Crippen molar-refractivity contribution in [3.63, 3.8) is 0 Å². The Kier molecular flexibility index (Phi) is 3.24. The molecule has 0 saturated heterocycles. The molecule has 0 saturated carbocycles. The number of rotatable bonds is 3. The van der Waals surface area contributed by atoms with E-state index in [1.807, 2.05) is 61.5 Å². The fourth-order valence-electron chi connectivity index (χ4n) is 1.88. The van der Waals surface area contributed by atoms with Gasteiger partial charge in [-0.2, -0.15) is 0 Å². The summed E-state index contributed by atoms with van der Waals surface area (Å²) >= 11 is 0. The number of hydrogen-bond donors (Lipinski definition) is 1. The lowest BCUT2D eigenvalue weighted by atomic mass is 9.91. The van der Waals surface area contributed by atoms with Crippen LogP contribution in [0.5, 0.6) is 0 Å². The molecular weight excluding hydrogens is 212 g/mol. The molecule has 86 valence electrons. The molecule has 2 aromatic carbocycles. The average molecular weight is 226 g/mol. The molecule has 0 unspecified atom stereocenters. The van der Waals surface area contributed by atoms with Gasteiger partial charge in [0.05, 0.1) is 0 Å². The van der Waals surface area contributed by atoms with Crippen molar-refractivity contribution in [1.29, 1.82) is 0 Å². The van der Waals surface area contributed by atoms with Crippen molar-refractivity contribution in [2.75, 3.05) is 0 Å². The lowest BCUT2D eigenvalue weighted by Crippen LogP contribution is -2.12. The van der Waals surface area contributed by atoms with Crippen LogP contribution in [0.15, 0.2) is 54.6 Å². The van der Waals surface area contributed by atoms with E-state index in [2.05, 4.69) is 0 Å². The Hall–Kier alpha value is -2.09. The third-order valence-electron chi connectivity index (χ3n) is 2.79. The Balaban J connectivity index is 2.43. The van der Waals surface area contributed by atoms with Crippen LogP contribution in [0.1, 0.15) is 22.6 Å². The smallest absolute Gasteiger partial charge is 0.315 e. The fourth-order valence-corrected chi connectivity index (χ4v) is 1.88. The topological polar surface area (TPSA) is 37.3 Å². The van der Waals surface area contributed by atoms with E-state index >= 15 is 0 Å². The Morgan fingerprint density at radius 1 is 0.941 bits per heavy atom. The van der Waals surface area contributed by atoms with E-state index in [-0.39, 0.29) is 0 Å². The quantitative estimate of drug-likeness (QED) is 0.872. The molecule has 0 bridgehead atoms. The number of carboxylic acid groups (broad SMARTS) is 1. The van der Waals surface area contributed by atoms with Crippen molar-refractivity contribution in [1.82, 2.24) is 0 Å². The Morgan fingerprint density at radius 3 is 2.00 bits per heavy atom.